The Balaban J connectivity index is 1.53. The van der Waals surface area contributed by atoms with Crippen molar-refractivity contribution in [3.63, 3.8) is 0 Å². The first-order valence-electron chi connectivity index (χ1n) is 8.27. The summed E-state index contributed by atoms with van der Waals surface area (Å²) in [6, 6.07) is 13.9. The van der Waals surface area contributed by atoms with E-state index in [1.165, 1.54) is 12.8 Å². The number of benzene rings is 2. The van der Waals surface area contributed by atoms with Crippen LogP contribution in [-0.2, 0) is 16.0 Å². The van der Waals surface area contributed by atoms with Gasteiger partial charge in [0.05, 0.1) is 6.42 Å². The maximum absolute atomic E-state index is 12.1. The molecule has 120 valence electrons. The Morgan fingerprint density at radius 3 is 2.43 bits per heavy atom. The molecule has 2 amide bonds. The van der Waals surface area contributed by atoms with Gasteiger partial charge in [-0.05, 0) is 35.1 Å². The van der Waals surface area contributed by atoms with Crippen molar-refractivity contribution < 1.29 is 9.59 Å². The van der Waals surface area contributed by atoms with Crippen LogP contribution < -0.4 is 10.9 Å². The molecule has 4 heteroatoms. The van der Waals surface area contributed by atoms with Gasteiger partial charge in [0, 0.05) is 6.42 Å². The molecule has 1 saturated carbocycles. The second kappa shape index (κ2) is 7.27. The van der Waals surface area contributed by atoms with Crippen LogP contribution in [0.3, 0.4) is 0 Å². The predicted octanol–water partition coefficient (Wildman–Crippen LogP) is 3.11. The van der Waals surface area contributed by atoms with Crippen LogP contribution in [0.1, 0.15) is 37.7 Å². The number of hydrogen-bond donors (Lipinski definition) is 2. The Kier molecular flexibility index (Phi) is 4.91. The quantitative estimate of drug-likeness (QED) is 0.853. The Morgan fingerprint density at radius 1 is 0.913 bits per heavy atom. The summed E-state index contributed by atoms with van der Waals surface area (Å²) >= 11 is 0. The van der Waals surface area contributed by atoms with Crippen molar-refractivity contribution in [1.82, 2.24) is 10.9 Å². The first-order chi connectivity index (χ1) is 11.2. The van der Waals surface area contributed by atoms with Gasteiger partial charge in [-0.3, -0.25) is 20.4 Å². The maximum atomic E-state index is 12.1. The molecule has 4 nitrogen and oxygen atoms in total. The van der Waals surface area contributed by atoms with Crippen LogP contribution in [0.25, 0.3) is 10.8 Å². The highest BCUT2D eigenvalue weighted by Crippen LogP contribution is 2.27. The number of carbonyl (C=O) groups is 2. The Hall–Kier alpha value is -2.36. The van der Waals surface area contributed by atoms with E-state index in [0.29, 0.717) is 12.3 Å². The van der Waals surface area contributed by atoms with Crippen LogP contribution in [-0.4, -0.2) is 11.8 Å². The number of rotatable bonds is 4. The average Bonchev–Trinajstić information content (AvgIpc) is 3.06. The van der Waals surface area contributed by atoms with Crippen LogP contribution in [0.5, 0.6) is 0 Å². The smallest absolute Gasteiger partial charge is 0.242 e. The highest BCUT2D eigenvalue weighted by molar-refractivity contribution is 5.90. The molecule has 0 atom stereocenters. The van der Waals surface area contributed by atoms with Gasteiger partial charge in [0.15, 0.2) is 0 Å². The molecule has 0 aromatic heterocycles. The van der Waals surface area contributed by atoms with Gasteiger partial charge in [-0.1, -0.05) is 55.3 Å². The van der Waals surface area contributed by atoms with E-state index >= 15 is 0 Å². The topological polar surface area (TPSA) is 58.2 Å². The zero-order valence-electron chi connectivity index (χ0n) is 13.2. The van der Waals surface area contributed by atoms with Crippen LogP contribution in [0.4, 0.5) is 0 Å². The summed E-state index contributed by atoms with van der Waals surface area (Å²) in [5.74, 6) is 0.189. The lowest BCUT2D eigenvalue weighted by molar-refractivity contribution is -0.129. The van der Waals surface area contributed by atoms with Crippen LogP contribution in [0.2, 0.25) is 0 Å². The third kappa shape index (κ3) is 4.09. The molecule has 0 radical (unpaired) electrons. The molecule has 0 saturated heterocycles. The second-order valence-corrected chi connectivity index (χ2v) is 6.27. The van der Waals surface area contributed by atoms with Crippen molar-refractivity contribution in [1.29, 1.82) is 0 Å². The summed E-state index contributed by atoms with van der Waals surface area (Å²) in [5, 5.41) is 2.19. The third-order valence-electron chi connectivity index (χ3n) is 4.52. The predicted molar refractivity (Wildman–Crippen MR) is 90.5 cm³/mol. The Bertz CT molecular complexity index is 700. The summed E-state index contributed by atoms with van der Waals surface area (Å²) in [4.78, 5) is 23.9. The number of nitrogens with one attached hydrogen (secondary N) is 2. The molecule has 0 aliphatic heterocycles. The summed E-state index contributed by atoms with van der Waals surface area (Å²) in [5.41, 5.74) is 6.03. The van der Waals surface area contributed by atoms with E-state index in [1.54, 1.807) is 0 Å². The van der Waals surface area contributed by atoms with Gasteiger partial charge in [0.25, 0.3) is 0 Å². The van der Waals surface area contributed by atoms with E-state index in [9.17, 15) is 9.59 Å². The molecule has 0 heterocycles. The van der Waals surface area contributed by atoms with Gasteiger partial charge in [-0.15, -0.1) is 0 Å². The first kappa shape index (κ1) is 15.5. The lowest BCUT2D eigenvalue weighted by atomic mass is 10.0. The largest absolute Gasteiger partial charge is 0.273 e. The third-order valence-corrected chi connectivity index (χ3v) is 4.52. The SMILES string of the molecule is O=C(Cc1cccc2ccccc12)NNC(=O)CC1CCCC1. The van der Waals surface area contributed by atoms with Gasteiger partial charge >= 0.3 is 0 Å². The van der Waals surface area contributed by atoms with E-state index in [0.717, 1.165) is 29.2 Å². The molecule has 23 heavy (non-hydrogen) atoms. The molecule has 1 aliphatic carbocycles. The molecule has 1 fully saturated rings. The van der Waals surface area contributed by atoms with Gasteiger partial charge in [-0.2, -0.15) is 0 Å². The van der Waals surface area contributed by atoms with Crippen molar-refractivity contribution in [2.75, 3.05) is 0 Å². The molecule has 2 N–H and O–H groups in total. The lowest BCUT2D eigenvalue weighted by Crippen LogP contribution is -2.42. The number of carbonyl (C=O) groups excluding carboxylic acids is 2. The van der Waals surface area contributed by atoms with Crippen molar-refractivity contribution in [2.24, 2.45) is 5.92 Å². The van der Waals surface area contributed by atoms with Crippen LogP contribution >= 0.6 is 0 Å². The zero-order valence-corrected chi connectivity index (χ0v) is 13.2. The zero-order chi connectivity index (χ0) is 16.1. The Labute approximate surface area is 136 Å². The van der Waals surface area contributed by atoms with Crippen molar-refractivity contribution in [3.05, 3.63) is 48.0 Å². The van der Waals surface area contributed by atoms with Gasteiger partial charge in [0.2, 0.25) is 11.8 Å². The standard InChI is InChI=1S/C19H22N2O2/c22-18(12-14-6-1-2-7-14)20-21-19(23)13-16-10-5-9-15-8-3-4-11-17(15)16/h3-5,8-11,14H,1-2,6-7,12-13H2,(H,20,22)(H,21,23). The molecular formula is C19H22N2O2. The highest BCUT2D eigenvalue weighted by Gasteiger charge is 2.18. The summed E-state index contributed by atoms with van der Waals surface area (Å²) in [7, 11) is 0. The normalized spacial score (nSPS) is 14.8. The minimum Gasteiger partial charge on any atom is -0.273 e. The van der Waals surface area contributed by atoms with Gasteiger partial charge < -0.3 is 0 Å². The van der Waals surface area contributed by atoms with E-state index in [1.807, 2.05) is 42.5 Å². The molecule has 3 rings (SSSR count). The van der Waals surface area contributed by atoms with Crippen LogP contribution in [0.15, 0.2) is 42.5 Å². The highest BCUT2D eigenvalue weighted by atomic mass is 16.2. The molecule has 1 aliphatic rings. The van der Waals surface area contributed by atoms with Gasteiger partial charge in [0.1, 0.15) is 0 Å². The lowest BCUT2D eigenvalue weighted by Gasteiger charge is -2.11. The van der Waals surface area contributed by atoms with Crippen molar-refractivity contribution in [2.45, 2.75) is 38.5 Å². The number of hydrogen-bond acceptors (Lipinski definition) is 2. The average molecular weight is 310 g/mol. The van der Waals surface area contributed by atoms with E-state index in [2.05, 4.69) is 10.9 Å². The Morgan fingerprint density at radius 2 is 1.61 bits per heavy atom. The fourth-order valence-electron chi connectivity index (χ4n) is 3.33. The summed E-state index contributed by atoms with van der Waals surface area (Å²) in [6.45, 7) is 0. The molecule has 0 unspecified atom stereocenters. The maximum Gasteiger partial charge on any atom is 0.242 e. The molecule has 0 bridgehead atoms. The van der Waals surface area contributed by atoms with Crippen molar-refractivity contribution >= 4 is 22.6 Å². The fraction of sp³-hybridized carbons (Fsp3) is 0.368. The fourth-order valence-corrected chi connectivity index (χ4v) is 3.33. The summed E-state index contributed by atoms with van der Waals surface area (Å²) in [6.07, 6.45) is 5.44. The molecule has 0 spiro atoms. The number of amides is 2. The van der Waals surface area contributed by atoms with Crippen molar-refractivity contribution in [3.8, 4) is 0 Å². The van der Waals surface area contributed by atoms with E-state index in [4.69, 9.17) is 0 Å². The second-order valence-electron chi connectivity index (χ2n) is 6.27. The monoisotopic (exact) mass is 310 g/mol. The van der Waals surface area contributed by atoms with E-state index in [-0.39, 0.29) is 18.2 Å². The van der Waals surface area contributed by atoms with Crippen LogP contribution in [0, 0.1) is 5.92 Å². The number of hydrazine groups is 1. The molecule has 2 aromatic carbocycles. The molecule has 2 aromatic rings. The van der Waals surface area contributed by atoms with E-state index < -0.39 is 0 Å². The van der Waals surface area contributed by atoms with Gasteiger partial charge in [-0.25, -0.2) is 0 Å². The molecular weight excluding hydrogens is 288 g/mol. The minimum atomic E-state index is -0.193. The minimum absolute atomic E-state index is 0.0943. The first-order valence-corrected chi connectivity index (χ1v) is 8.27. The number of fused-ring (bicyclic) bond motifs is 1. The summed E-state index contributed by atoms with van der Waals surface area (Å²) < 4.78 is 0.